The number of nitrogens with zero attached hydrogens (tertiary/aromatic N) is 4. The van der Waals surface area contributed by atoms with Gasteiger partial charge in [-0.05, 0) is 43.2 Å². The molecule has 1 fully saturated rings. The van der Waals surface area contributed by atoms with E-state index in [9.17, 15) is 4.79 Å². The summed E-state index contributed by atoms with van der Waals surface area (Å²) in [5.74, 6) is 2.83. The number of pyridine rings is 1. The number of carbonyl (C=O) groups is 1. The van der Waals surface area contributed by atoms with Crippen LogP contribution in [0.3, 0.4) is 0 Å². The number of piperidine rings is 1. The van der Waals surface area contributed by atoms with Gasteiger partial charge in [-0.15, -0.1) is 10.2 Å². The van der Waals surface area contributed by atoms with Gasteiger partial charge in [0.15, 0.2) is 5.65 Å². The highest BCUT2D eigenvalue weighted by atomic mass is 16.5. The number of ether oxygens (including phenoxy) is 2. The minimum atomic E-state index is 0.108. The summed E-state index contributed by atoms with van der Waals surface area (Å²) >= 11 is 0. The largest absolute Gasteiger partial charge is 0.497 e. The van der Waals surface area contributed by atoms with E-state index < -0.39 is 0 Å². The third kappa shape index (κ3) is 3.52. The molecule has 1 aromatic carbocycles. The van der Waals surface area contributed by atoms with Crippen molar-refractivity contribution in [2.24, 2.45) is 0 Å². The van der Waals surface area contributed by atoms with Crippen LogP contribution in [-0.4, -0.2) is 52.7 Å². The van der Waals surface area contributed by atoms with Crippen LogP contribution in [0.15, 0.2) is 42.6 Å². The van der Waals surface area contributed by atoms with Crippen molar-refractivity contribution in [2.75, 3.05) is 27.3 Å². The fourth-order valence-electron chi connectivity index (χ4n) is 3.82. The molecule has 0 atom stereocenters. The van der Waals surface area contributed by atoms with E-state index in [4.69, 9.17) is 9.47 Å². The summed E-state index contributed by atoms with van der Waals surface area (Å²) in [5, 5.41) is 8.62. The van der Waals surface area contributed by atoms with E-state index in [1.807, 2.05) is 51.9 Å². The van der Waals surface area contributed by atoms with Gasteiger partial charge >= 0.3 is 0 Å². The Morgan fingerprint density at radius 1 is 1.11 bits per heavy atom. The van der Waals surface area contributed by atoms with Crippen LogP contribution in [0.4, 0.5) is 0 Å². The fraction of sp³-hybridized carbons (Fsp3) is 0.381. The number of likely N-dealkylation sites (tertiary alicyclic amines) is 1. The van der Waals surface area contributed by atoms with Crippen LogP contribution in [0.2, 0.25) is 0 Å². The minimum absolute atomic E-state index is 0.108. The molecule has 0 aliphatic carbocycles. The van der Waals surface area contributed by atoms with Crippen LogP contribution in [0.25, 0.3) is 5.65 Å². The van der Waals surface area contributed by atoms with Gasteiger partial charge in [-0.25, -0.2) is 0 Å². The molecule has 1 aliphatic heterocycles. The van der Waals surface area contributed by atoms with Crippen LogP contribution in [0.1, 0.15) is 30.1 Å². The normalized spacial score (nSPS) is 15.0. The molecule has 0 unspecified atom stereocenters. The van der Waals surface area contributed by atoms with Crippen molar-refractivity contribution in [3.63, 3.8) is 0 Å². The van der Waals surface area contributed by atoms with E-state index >= 15 is 0 Å². The first-order chi connectivity index (χ1) is 13.7. The monoisotopic (exact) mass is 380 g/mol. The number of hydrogen-bond donors (Lipinski definition) is 0. The fourth-order valence-corrected chi connectivity index (χ4v) is 3.82. The van der Waals surface area contributed by atoms with Crippen molar-refractivity contribution in [3.8, 4) is 11.5 Å². The molecule has 1 amide bonds. The first-order valence-corrected chi connectivity index (χ1v) is 9.48. The van der Waals surface area contributed by atoms with E-state index in [-0.39, 0.29) is 5.91 Å². The van der Waals surface area contributed by atoms with Crippen molar-refractivity contribution >= 4 is 11.6 Å². The summed E-state index contributed by atoms with van der Waals surface area (Å²) in [7, 11) is 3.23. The van der Waals surface area contributed by atoms with Crippen molar-refractivity contribution in [3.05, 3.63) is 54.0 Å². The van der Waals surface area contributed by atoms with E-state index in [2.05, 4.69) is 10.2 Å². The van der Waals surface area contributed by atoms with Gasteiger partial charge in [-0.1, -0.05) is 6.07 Å². The van der Waals surface area contributed by atoms with Crippen LogP contribution < -0.4 is 9.47 Å². The van der Waals surface area contributed by atoms with E-state index in [0.29, 0.717) is 18.1 Å². The van der Waals surface area contributed by atoms with Gasteiger partial charge in [0.05, 0.1) is 20.6 Å². The lowest BCUT2D eigenvalue weighted by Crippen LogP contribution is -2.39. The molecular formula is C21H24N4O3. The standard InChI is InChI=1S/C21H24N4O3/c1-27-17-6-7-18(28-2)16(13-17)14-20(26)24-11-8-15(9-12-24)21-23-22-19-5-3-4-10-25(19)21/h3-7,10,13,15H,8-9,11-12,14H2,1-2H3. The number of methoxy groups -OCH3 is 2. The highest BCUT2D eigenvalue weighted by molar-refractivity contribution is 5.79. The van der Waals surface area contributed by atoms with Gasteiger partial charge in [0, 0.05) is 30.8 Å². The third-order valence-corrected chi connectivity index (χ3v) is 5.38. The van der Waals surface area contributed by atoms with Gasteiger partial charge < -0.3 is 14.4 Å². The predicted octanol–water partition coefficient (Wildman–Crippen LogP) is 2.70. The lowest BCUT2D eigenvalue weighted by molar-refractivity contribution is -0.131. The lowest BCUT2D eigenvalue weighted by Gasteiger charge is -2.31. The molecule has 0 radical (unpaired) electrons. The number of hydrogen-bond acceptors (Lipinski definition) is 5. The lowest BCUT2D eigenvalue weighted by atomic mass is 9.95. The van der Waals surface area contributed by atoms with E-state index in [0.717, 1.165) is 48.7 Å². The molecule has 3 heterocycles. The second-order valence-electron chi connectivity index (χ2n) is 7.00. The second-order valence-corrected chi connectivity index (χ2v) is 7.00. The van der Waals surface area contributed by atoms with Crippen LogP contribution in [0, 0.1) is 0 Å². The summed E-state index contributed by atoms with van der Waals surface area (Å²) in [6.45, 7) is 1.44. The van der Waals surface area contributed by atoms with Gasteiger partial charge in [-0.2, -0.15) is 0 Å². The highest BCUT2D eigenvalue weighted by Gasteiger charge is 2.27. The SMILES string of the molecule is COc1ccc(OC)c(CC(=O)N2CCC(c3nnc4ccccn34)CC2)c1. The summed E-state index contributed by atoms with van der Waals surface area (Å²) in [6, 6.07) is 11.4. The van der Waals surface area contributed by atoms with Gasteiger partial charge in [-0.3, -0.25) is 9.20 Å². The number of amides is 1. The number of carbonyl (C=O) groups excluding carboxylic acids is 1. The summed E-state index contributed by atoms with van der Waals surface area (Å²) in [6.07, 6.45) is 4.07. The topological polar surface area (TPSA) is 69.0 Å². The molecule has 0 saturated carbocycles. The first kappa shape index (κ1) is 18.3. The first-order valence-electron chi connectivity index (χ1n) is 9.48. The molecule has 1 saturated heterocycles. The Kier molecular flexibility index (Phi) is 5.14. The Labute approximate surface area is 163 Å². The second kappa shape index (κ2) is 7.88. The van der Waals surface area contributed by atoms with E-state index in [1.54, 1.807) is 14.2 Å². The van der Waals surface area contributed by atoms with Crippen molar-refractivity contribution in [2.45, 2.75) is 25.2 Å². The number of benzene rings is 1. The van der Waals surface area contributed by atoms with Gasteiger partial charge in [0.25, 0.3) is 0 Å². The summed E-state index contributed by atoms with van der Waals surface area (Å²) in [4.78, 5) is 14.8. The molecule has 7 heteroatoms. The molecule has 146 valence electrons. The Morgan fingerprint density at radius 3 is 2.68 bits per heavy atom. The average molecular weight is 380 g/mol. The Morgan fingerprint density at radius 2 is 1.93 bits per heavy atom. The molecule has 3 aromatic rings. The molecule has 0 N–H and O–H groups in total. The molecular weight excluding hydrogens is 356 g/mol. The van der Waals surface area contributed by atoms with E-state index in [1.165, 1.54) is 0 Å². The minimum Gasteiger partial charge on any atom is -0.497 e. The molecule has 4 rings (SSSR count). The number of aromatic nitrogens is 3. The van der Waals surface area contributed by atoms with Crippen molar-refractivity contribution < 1.29 is 14.3 Å². The number of rotatable bonds is 5. The molecule has 7 nitrogen and oxygen atoms in total. The van der Waals surface area contributed by atoms with Gasteiger partial charge in [0.2, 0.25) is 5.91 Å². The molecule has 0 bridgehead atoms. The molecule has 1 aliphatic rings. The Balaban J connectivity index is 1.42. The van der Waals surface area contributed by atoms with Crippen LogP contribution in [0.5, 0.6) is 11.5 Å². The average Bonchev–Trinajstić information content (AvgIpc) is 3.18. The van der Waals surface area contributed by atoms with Crippen LogP contribution >= 0.6 is 0 Å². The summed E-state index contributed by atoms with van der Waals surface area (Å²) < 4.78 is 12.7. The summed E-state index contributed by atoms with van der Waals surface area (Å²) in [5.41, 5.74) is 1.71. The Bertz CT molecular complexity index is 977. The Hall–Kier alpha value is -3.09. The molecule has 0 spiro atoms. The molecule has 28 heavy (non-hydrogen) atoms. The number of fused-ring (bicyclic) bond motifs is 1. The zero-order valence-corrected chi connectivity index (χ0v) is 16.2. The van der Waals surface area contributed by atoms with Crippen LogP contribution in [-0.2, 0) is 11.2 Å². The zero-order chi connectivity index (χ0) is 19.5. The third-order valence-electron chi connectivity index (χ3n) is 5.38. The maximum Gasteiger partial charge on any atom is 0.227 e. The highest BCUT2D eigenvalue weighted by Crippen LogP contribution is 2.29. The maximum atomic E-state index is 12.8. The molecule has 2 aromatic heterocycles. The van der Waals surface area contributed by atoms with Gasteiger partial charge in [0.1, 0.15) is 17.3 Å². The predicted molar refractivity (Wildman–Crippen MR) is 105 cm³/mol. The zero-order valence-electron chi connectivity index (χ0n) is 16.2. The smallest absolute Gasteiger partial charge is 0.227 e. The van der Waals surface area contributed by atoms with Crippen molar-refractivity contribution in [1.82, 2.24) is 19.5 Å². The quantitative estimate of drug-likeness (QED) is 0.681. The van der Waals surface area contributed by atoms with Crippen molar-refractivity contribution in [1.29, 1.82) is 0 Å². The maximum absolute atomic E-state index is 12.8.